The largest absolute Gasteiger partial charge is 0.342 e. The van der Waals surface area contributed by atoms with Crippen LogP contribution in [0.2, 0.25) is 0 Å². The highest BCUT2D eigenvalue weighted by molar-refractivity contribution is 6.39. The van der Waals surface area contributed by atoms with Crippen LogP contribution in [-0.4, -0.2) is 22.4 Å². The topological polar surface area (TPSA) is 71.4 Å². The first kappa shape index (κ1) is 25.3. The van der Waals surface area contributed by atoms with Crippen molar-refractivity contribution in [2.75, 3.05) is 4.90 Å². The van der Waals surface area contributed by atoms with Crippen LogP contribution in [0.5, 0.6) is 0 Å². The number of para-hydroxylation sites is 1. The van der Waals surface area contributed by atoms with Gasteiger partial charge in [-0.2, -0.15) is 0 Å². The average molecular weight is 528 g/mol. The highest BCUT2D eigenvalue weighted by atomic mass is 16.2. The smallest absolute Gasteiger partial charge is 0.335 e. The van der Waals surface area contributed by atoms with E-state index >= 15 is 0 Å². The number of carbonyl (C=O) groups excluding carboxylic acids is 3. The van der Waals surface area contributed by atoms with Gasteiger partial charge >= 0.3 is 6.03 Å². The summed E-state index contributed by atoms with van der Waals surface area (Å²) >= 11 is 0. The van der Waals surface area contributed by atoms with Crippen LogP contribution >= 0.6 is 0 Å². The van der Waals surface area contributed by atoms with Crippen LogP contribution in [0.25, 0.3) is 27.8 Å². The molecule has 40 heavy (non-hydrogen) atoms. The molecule has 0 radical (unpaired) electrons. The summed E-state index contributed by atoms with van der Waals surface area (Å²) in [6.45, 7) is 4.87. The molecule has 0 unspecified atom stereocenters. The monoisotopic (exact) mass is 527 g/mol. The number of amides is 4. The molecular formula is C34H29N3O3. The number of imide groups is 2. The standard InChI is InChI=1S/C34H29N3O3/c1-3-22(2)23-15-17-27(18-16-23)37-33(39)30(32(38)35-34(37)40)19-26-21-36(31-14-7-6-13-29(26)31)20-25-11-8-10-24-9-4-5-12-28(24)25/h4-19,21-22H,3,20H2,1-2H3,(H,35,38,40)/b30-19-/t22-/m0/s1. The Balaban J connectivity index is 1.38. The number of fused-ring (bicyclic) bond motifs is 2. The third-order valence-corrected chi connectivity index (χ3v) is 7.77. The van der Waals surface area contributed by atoms with E-state index in [4.69, 9.17) is 0 Å². The molecule has 4 aromatic carbocycles. The molecule has 6 nitrogen and oxygen atoms in total. The molecule has 1 N–H and O–H groups in total. The van der Waals surface area contributed by atoms with Crippen molar-refractivity contribution in [1.29, 1.82) is 0 Å². The molecule has 4 amide bonds. The summed E-state index contributed by atoms with van der Waals surface area (Å²) in [5, 5.41) is 5.61. The van der Waals surface area contributed by atoms with E-state index in [-0.39, 0.29) is 5.57 Å². The molecule has 0 bridgehead atoms. The molecular weight excluding hydrogens is 498 g/mol. The Kier molecular flexibility index (Phi) is 6.52. The van der Waals surface area contributed by atoms with Crippen molar-refractivity contribution in [2.45, 2.75) is 32.7 Å². The number of hydrogen-bond acceptors (Lipinski definition) is 3. The summed E-state index contributed by atoms with van der Waals surface area (Å²) in [5.74, 6) is -0.979. The summed E-state index contributed by atoms with van der Waals surface area (Å²) in [6, 6.07) is 29.1. The average Bonchev–Trinajstić information content (AvgIpc) is 3.32. The Hall–Kier alpha value is -4.97. The van der Waals surface area contributed by atoms with Crippen molar-refractivity contribution in [1.82, 2.24) is 9.88 Å². The van der Waals surface area contributed by atoms with Gasteiger partial charge in [0.2, 0.25) is 0 Å². The van der Waals surface area contributed by atoms with E-state index in [2.05, 4.69) is 54.1 Å². The van der Waals surface area contributed by atoms with Crippen LogP contribution < -0.4 is 10.2 Å². The molecule has 6 heteroatoms. The van der Waals surface area contributed by atoms with Gasteiger partial charge in [-0.3, -0.25) is 14.9 Å². The van der Waals surface area contributed by atoms with Gasteiger partial charge in [-0.15, -0.1) is 0 Å². The van der Waals surface area contributed by atoms with Gasteiger partial charge < -0.3 is 4.57 Å². The third-order valence-electron chi connectivity index (χ3n) is 7.77. The number of nitrogens with zero attached hydrogens (tertiary/aromatic N) is 2. The molecule has 1 saturated heterocycles. The van der Waals surface area contributed by atoms with Crippen molar-refractivity contribution in [3.8, 4) is 0 Å². The number of hydrogen-bond donors (Lipinski definition) is 1. The molecule has 0 spiro atoms. The van der Waals surface area contributed by atoms with Crippen molar-refractivity contribution in [3.05, 3.63) is 119 Å². The van der Waals surface area contributed by atoms with E-state index in [9.17, 15) is 14.4 Å². The van der Waals surface area contributed by atoms with Crippen LogP contribution in [0, 0.1) is 0 Å². The second-order valence-corrected chi connectivity index (χ2v) is 10.2. The molecule has 1 aliphatic heterocycles. The molecule has 2 heterocycles. The summed E-state index contributed by atoms with van der Waals surface area (Å²) in [4.78, 5) is 40.3. The van der Waals surface area contributed by atoms with Crippen LogP contribution in [0.1, 0.15) is 42.9 Å². The maximum Gasteiger partial charge on any atom is 0.335 e. The molecule has 0 saturated carbocycles. The van der Waals surface area contributed by atoms with Crippen molar-refractivity contribution < 1.29 is 14.4 Å². The highest BCUT2D eigenvalue weighted by Gasteiger charge is 2.37. The Morgan fingerprint density at radius 3 is 2.30 bits per heavy atom. The summed E-state index contributed by atoms with van der Waals surface area (Å²) in [6.07, 6.45) is 4.53. The number of nitrogens with one attached hydrogen (secondary N) is 1. The van der Waals surface area contributed by atoms with Crippen molar-refractivity contribution in [2.24, 2.45) is 0 Å². The second-order valence-electron chi connectivity index (χ2n) is 10.2. The summed E-state index contributed by atoms with van der Waals surface area (Å²) < 4.78 is 2.13. The maximum atomic E-state index is 13.6. The number of barbiturate groups is 1. The highest BCUT2D eigenvalue weighted by Crippen LogP contribution is 2.29. The Morgan fingerprint density at radius 1 is 0.825 bits per heavy atom. The maximum absolute atomic E-state index is 13.6. The molecule has 1 atom stereocenters. The van der Waals surface area contributed by atoms with E-state index < -0.39 is 17.8 Å². The molecule has 198 valence electrons. The number of rotatable bonds is 6. The molecule has 6 rings (SSSR count). The zero-order valence-corrected chi connectivity index (χ0v) is 22.4. The van der Waals surface area contributed by atoms with E-state index in [1.807, 2.05) is 54.7 Å². The second kappa shape index (κ2) is 10.3. The molecule has 0 aliphatic carbocycles. The molecule has 1 fully saturated rings. The number of benzene rings is 4. The minimum Gasteiger partial charge on any atom is -0.342 e. The van der Waals surface area contributed by atoms with Crippen LogP contribution in [0.4, 0.5) is 10.5 Å². The summed E-state index contributed by atoms with van der Waals surface area (Å²) in [5.41, 5.74) is 4.35. The number of aromatic nitrogens is 1. The normalized spacial score (nSPS) is 15.7. The number of carbonyl (C=O) groups is 3. The lowest BCUT2D eigenvalue weighted by Gasteiger charge is -2.26. The lowest BCUT2D eigenvalue weighted by molar-refractivity contribution is -0.122. The first-order valence-electron chi connectivity index (χ1n) is 13.5. The van der Waals surface area contributed by atoms with E-state index in [1.165, 1.54) is 16.3 Å². The van der Waals surface area contributed by atoms with Gasteiger partial charge in [0.25, 0.3) is 11.8 Å². The van der Waals surface area contributed by atoms with Crippen molar-refractivity contribution >= 4 is 51.3 Å². The fraction of sp³-hybridized carbons (Fsp3) is 0.147. The molecule has 5 aromatic rings. The summed E-state index contributed by atoms with van der Waals surface area (Å²) in [7, 11) is 0. The quantitative estimate of drug-likeness (QED) is 0.190. The Labute approximate surface area is 232 Å². The van der Waals surface area contributed by atoms with Gasteiger partial charge in [0.1, 0.15) is 5.57 Å². The van der Waals surface area contributed by atoms with Crippen molar-refractivity contribution in [3.63, 3.8) is 0 Å². The van der Waals surface area contributed by atoms with Gasteiger partial charge in [0.05, 0.1) is 5.69 Å². The minimum atomic E-state index is -0.748. The predicted molar refractivity (Wildman–Crippen MR) is 159 cm³/mol. The first-order chi connectivity index (χ1) is 19.4. The van der Waals surface area contributed by atoms with Gasteiger partial charge in [0, 0.05) is 29.2 Å². The SMILES string of the molecule is CC[C@H](C)c1ccc(N2C(=O)NC(=O)/C(=C/c3cn(Cc4cccc5ccccc45)c4ccccc34)C2=O)cc1. The van der Waals surface area contributed by atoms with E-state index in [1.54, 1.807) is 18.2 Å². The first-order valence-corrected chi connectivity index (χ1v) is 13.5. The van der Waals surface area contributed by atoms with Crippen LogP contribution in [-0.2, 0) is 16.1 Å². The van der Waals surface area contributed by atoms with Crippen LogP contribution in [0.3, 0.4) is 0 Å². The molecule has 1 aromatic heterocycles. The number of urea groups is 1. The fourth-order valence-corrected chi connectivity index (χ4v) is 5.37. The fourth-order valence-electron chi connectivity index (χ4n) is 5.37. The van der Waals surface area contributed by atoms with E-state index in [0.717, 1.165) is 33.4 Å². The lowest BCUT2D eigenvalue weighted by Crippen LogP contribution is -2.54. The zero-order valence-electron chi connectivity index (χ0n) is 22.4. The van der Waals surface area contributed by atoms with Gasteiger partial charge in [0.15, 0.2) is 0 Å². The predicted octanol–water partition coefficient (Wildman–Crippen LogP) is 7.02. The van der Waals surface area contributed by atoms with E-state index in [0.29, 0.717) is 18.2 Å². The van der Waals surface area contributed by atoms with Gasteiger partial charge in [-0.1, -0.05) is 86.6 Å². The van der Waals surface area contributed by atoms with Gasteiger partial charge in [-0.05, 0) is 58.5 Å². The number of anilines is 1. The zero-order chi connectivity index (χ0) is 27.8. The van der Waals surface area contributed by atoms with Gasteiger partial charge in [-0.25, -0.2) is 9.69 Å². The minimum absolute atomic E-state index is 0.0846. The Bertz CT molecular complexity index is 1810. The van der Waals surface area contributed by atoms with Crippen LogP contribution in [0.15, 0.2) is 103 Å². The Morgan fingerprint density at radius 2 is 1.52 bits per heavy atom. The third kappa shape index (κ3) is 4.47. The lowest BCUT2D eigenvalue weighted by atomic mass is 9.98. The molecule has 1 aliphatic rings.